The van der Waals surface area contributed by atoms with Crippen LogP contribution in [0.5, 0.6) is 5.75 Å². The molecule has 0 aliphatic rings. The first-order valence-electron chi connectivity index (χ1n) is 8.71. The van der Waals surface area contributed by atoms with Crippen LogP contribution in [0.1, 0.15) is 57.4 Å². The van der Waals surface area contributed by atoms with Gasteiger partial charge in [0.05, 0.1) is 13.7 Å². The third kappa shape index (κ3) is 8.56. The third-order valence-electron chi connectivity index (χ3n) is 3.71. The van der Waals surface area contributed by atoms with Gasteiger partial charge in [0.25, 0.3) is 0 Å². The van der Waals surface area contributed by atoms with Crippen molar-refractivity contribution in [3.63, 3.8) is 0 Å². The molecule has 0 fully saturated rings. The number of para-hydroxylation sites is 1. The highest BCUT2D eigenvalue weighted by Gasteiger charge is 2.07. The molecule has 0 spiro atoms. The van der Waals surface area contributed by atoms with Crippen molar-refractivity contribution in [2.45, 2.75) is 58.4 Å². The molecule has 5 nitrogen and oxygen atoms in total. The summed E-state index contributed by atoms with van der Waals surface area (Å²) in [6.45, 7) is 3.05. The van der Waals surface area contributed by atoms with E-state index in [-0.39, 0.29) is 18.3 Å². The molecule has 134 valence electrons. The van der Waals surface area contributed by atoms with E-state index >= 15 is 0 Å². The number of hydrogen-bond acceptors (Lipinski definition) is 4. The lowest BCUT2D eigenvalue weighted by Crippen LogP contribution is -2.23. The molecule has 0 saturated heterocycles. The smallest absolute Gasteiger partial charge is 0.305 e. The Morgan fingerprint density at radius 1 is 1.04 bits per heavy atom. The van der Waals surface area contributed by atoms with Crippen LogP contribution in [0.2, 0.25) is 0 Å². The molecular formula is C19H29NO4. The van der Waals surface area contributed by atoms with Crippen LogP contribution < -0.4 is 10.1 Å². The fourth-order valence-corrected chi connectivity index (χ4v) is 2.31. The molecule has 0 unspecified atom stereocenters. The number of esters is 1. The molecule has 1 rings (SSSR count). The molecule has 24 heavy (non-hydrogen) atoms. The number of carbonyl (C=O) groups is 2. The highest BCUT2D eigenvalue weighted by molar-refractivity contribution is 5.77. The molecule has 1 N–H and O–H groups in total. The number of rotatable bonds is 12. The fourth-order valence-electron chi connectivity index (χ4n) is 2.31. The monoisotopic (exact) mass is 335 g/mol. The zero-order chi connectivity index (χ0) is 17.6. The van der Waals surface area contributed by atoms with E-state index in [4.69, 9.17) is 9.47 Å². The number of amides is 1. The molecule has 0 aliphatic heterocycles. The Balaban J connectivity index is 2.12. The molecule has 0 aliphatic carbocycles. The van der Waals surface area contributed by atoms with E-state index in [9.17, 15) is 9.59 Å². The Kier molecular flexibility index (Phi) is 10.3. The largest absolute Gasteiger partial charge is 0.496 e. The molecule has 1 aromatic carbocycles. The maximum Gasteiger partial charge on any atom is 0.305 e. The van der Waals surface area contributed by atoms with Gasteiger partial charge in [-0.05, 0) is 18.9 Å². The van der Waals surface area contributed by atoms with Crippen molar-refractivity contribution in [2.75, 3.05) is 13.7 Å². The molecule has 0 saturated carbocycles. The van der Waals surface area contributed by atoms with E-state index in [1.54, 1.807) is 7.11 Å². The van der Waals surface area contributed by atoms with Gasteiger partial charge in [0.15, 0.2) is 0 Å². The summed E-state index contributed by atoms with van der Waals surface area (Å²) >= 11 is 0. The van der Waals surface area contributed by atoms with E-state index in [0.29, 0.717) is 26.0 Å². The first-order valence-corrected chi connectivity index (χ1v) is 8.71. The molecule has 0 atom stereocenters. The summed E-state index contributed by atoms with van der Waals surface area (Å²) in [7, 11) is 1.61. The Labute approximate surface area is 144 Å². The van der Waals surface area contributed by atoms with E-state index < -0.39 is 0 Å². The lowest BCUT2D eigenvalue weighted by molar-refractivity contribution is -0.143. The van der Waals surface area contributed by atoms with E-state index in [0.717, 1.165) is 30.6 Å². The van der Waals surface area contributed by atoms with Crippen molar-refractivity contribution in [1.82, 2.24) is 5.32 Å². The van der Waals surface area contributed by atoms with Crippen LogP contribution in [0.15, 0.2) is 24.3 Å². The predicted molar refractivity (Wildman–Crippen MR) is 93.8 cm³/mol. The maximum absolute atomic E-state index is 11.8. The lowest BCUT2D eigenvalue weighted by atomic mass is 10.2. The quantitative estimate of drug-likeness (QED) is 0.468. The maximum atomic E-state index is 11.8. The van der Waals surface area contributed by atoms with Crippen LogP contribution in [-0.4, -0.2) is 25.6 Å². The number of benzene rings is 1. The molecule has 0 aromatic heterocycles. The average molecular weight is 335 g/mol. The Bertz CT molecular complexity index is 502. The Morgan fingerprint density at radius 3 is 2.58 bits per heavy atom. The van der Waals surface area contributed by atoms with E-state index in [1.807, 2.05) is 24.3 Å². The summed E-state index contributed by atoms with van der Waals surface area (Å²) in [5.41, 5.74) is 0.930. The molecule has 0 bridgehead atoms. The van der Waals surface area contributed by atoms with Gasteiger partial charge in [-0.15, -0.1) is 0 Å². The van der Waals surface area contributed by atoms with Crippen LogP contribution in [0.4, 0.5) is 0 Å². The van der Waals surface area contributed by atoms with E-state index in [2.05, 4.69) is 12.2 Å². The van der Waals surface area contributed by atoms with Crippen LogP contribution in [0.25, 0.3) is 0 Å². The SMILES string of the molecule is CCCCCCOC(=O)CCCC(=O)NCc1ccccc1OC. The van der Waals surface area contributed by atoms with Gasteiger partial charge < -0.3 is 14.8 Å². The van der Waals surface area contributed by atoms with Gasteiger partial charge in [-0.3, -0.25) is 9.59 Å². The third-order valence-corrected chi connectivity index (χ3v) is 3.71. The minimum atomic E-state index is -0.218. The van der Waals surface area contributed by atoms with Gasteiger partial charge >= 0.3 is 5.97 Å². The Hall–Kier alpha value is -2.04. The standard InChI is InChI=1S/C19H29NO4/c1-3-4-5-8-14-24-19(22)13-9-12-18(21)20-15-16-10-6-7-11-17(16)23-2/h6-7,10-11H,3-5,8-9,12-15H2,1-2H3,(H,20,21). The van der Waals surface area contributed by atoms with Crippen LogP contribution >= 0.6 is 0 Å². The molecular weight excluding hydrogens is 306 g/mol. The second kappa shape index (κ2) is 12.4. The zero-order valence-corrected chi connectivity index (χ0v) is 14.8. The van der Waals surface area contributed by atoms with Crippen molar-refractivity contribution in [1.29, 1.82) is 0 Å². The van der Waals surface area contributed by atoms with Crippen LogP contribution in [-0.2, 0) is 20.9 Å². The molecule has 1 aromatic rings. The van der Waals surface area contributed by atoms with Crippen LogP contribution in [0.3, 0.4) is 0 Å². The summed E-state index contributed by atoms with van der Waals surface area (Å²) in [6.07, 6.45) is 5.46. The number of hydrogen-bond donors (Lipinski definition) is 1. The van der Waals surface area contributed by atoms with Gasteiger partial charge in [-0.2, -0.15) is 0 Å². The normalized spacial score (nSPS) is 10.2. The number of unbranched alkanes of at least 4 members (excludes halogenated alkanes) is 3. The van der Waals surface area contributed by atoms with Crippen molar-refractivity contribution < 1.29 is 19.1 Å². The summed E-state index contributed by atoms with van der Waals surface area (Å²) in [5.74, 6) is 0.463. The Morgan fingerprint density at radius 2 is 1.83 bits per heavy atom. The summed E-state index contributed by atoms with van der Waals surface area (Å²) in [5, 5.41) is 2.84. The first-order chi connectivity index (χ1) is 11.7. The summed E-state index contributed by atoms with van der Waals surface area (Å²) in [6, 6.07) is 7.56. The number of ether oxygens (including phenoxy) is 2. The summed E-state index contributed by atoms with van der Waals surface area (Å²) in [4.78, 5) is 23.4. The topological polar surface area (TPSA) is 64.6 Å². The highest BCUT2D eigenvalue weighted by atomic mass is 16.5. The van der Waals surface area contributed by atoms with Crippen LogP contribution in [0, 0.1) is 0 Å². The average Bonchev–Trinajstić information content (AvgIpc) is 2.60. The highest BCUT2D eigenvalue weighted by Crippen LogP contribution is 2.16. The minimum Gasteiger partial charge on any atom is -0.496 e. The van der Waals surface area contributed by atoms with Gasteiger partial charge in [-0.25, -0.2) is 0 Å². The van der Waals surface area contributed by atoms with Gasteiger partial charge in [0, 0.05) is 24.9 Å². The lowest BCUT2D eigenvalue weighted by Gasteiger charge is -2.09. The minimum absolute atomic E-state index is 0.0725. The fraction of sp³-hybridized carbons (Fsp3) is 0.579. The van der Waals surface area contributed by atoms with Crippen molar-refractivity contribution >= 4 is 11.9 Å². The van der Waals surface area contributed by atoms with Gasteiger partial charge in [-0.1, -0.05) is 44.4 Å². The number of carbonyl (C=O) groups excluding carboxylic acids is 2. The number of nitrogens with one attached hydrogen (secondary N) is 1. The van der Waals surface area contributed by atoms with Gasteiger partial charge in [0.1, 0.15) is 5.75 Å². The van der Waals surface area contributed by atoms with Gasteiger partial charge in [0.2, 0.25) is 5.91 Å². The first kappa shape index (κ1) is 20.0. The second-order valence-electron chi connectivity index (χ2n) is 5.72. The molecule has 0 heterocycles. The number of methoxy groups -OCH3 is 1. The van der Waals surface area contributed by atoms with Crippen molar-refractivity contribution in [3.8, 4) is 5.75 Å². The summed E-state index contributed by atoms with van der Waals surface area (Å²) < 4.78 is 10.4. The molecule has 5 heteroatoms. The predicted octanol–water partition coefficient (Wildman–Crippen LogP) is 3.61. The molecule has 0 radical (unpaired) electrons. The van der Waals surface area contributed by atoms with Crippen molar-refractivity contribution in [3.05, 3.63) is 29.8 Å². The molecule has 1 amide bonds. The zero-order valence-electron chi connectivity index (χ0n) is 14.8. The van der Waals surface area contributed by atoms with E-state index in [1.165, 1.54) is 6.42 Å². The second-order valence-corrected chi connectivity index (χ2v) is 5.72. The van der Waals surface area contributed by atoms with Crippen molar-refractivity contribution in [2.24, 2.45) is 0 Å².